The number of rotatable bonds is 7. The summed E-state index contributed by atoms with van der Waals surface area (Å²) in [5.41, 5.74) is -0.699. The zero-order valence-corrected chi connectivity index (χ0v) is 12.8. The van der Waals surface area contributed by atoms with Gasteiger partial charge in [0.05, 0.1) is 5.60 Å². The Hall–Kier alpha value is -1.38. The lowest BCUT2D eigenvalue weighted by Gasteiger charge is -2.22. The number of aromatic nitrogens is 1. The first kappa shape index (κ1) is 16.7. The molecule has 1 aromatic heterocycles. The molecule has 1 heterocycles. The lowest BCUT2D eigenvalue weighted by atomic mass is 10.1. The number of carboxylic acid groups (broad SMARTS) is 1. The fraction of sp³-hybridized carbons (Fsp3) is 0.583. The topological polar surface area (TPSA) is 97.6 Å². The number of carboxylic acids is 1. The van der Waals surface area contributed by atoms with Crippen LogP contribution in [0.2, 0.25) is 0 Å². The minimum absolute atomic E-state index is 0.0566. The van der Waals surface area contributed by atoms with Crippen LogP contribution in [0.25, 0.3) is 0 Å². The van der Waals surface area contributed by atoms with E-state index in [1.165, 1.54) is 17.9 Å². The van der Waals surface area contributed by atoms with E-state index >= 15 is 0 Å². The summed E-state index contributed by atoms with van der Waals surface area (Å²) in [6.07, 6.45) is 1.31. The van der Waals surface area contributed by atoms with Gasteiger partial charge in [0, 0.05) is 26.4 Å². The Kier molecular flexibility index (Phi) is 4.95. The average Bonchev–Trinajstić information content (AvgIpc) is 2.82. The van der Waals surface area contributed by atoms with Crippen LogP contribution in [-0.2, 0) is 21.3 Å². The molecule has 0 bridgehead atoms. The normalized spacial score (nSPS) is 12.6. The van der Waals surface area contributed by atoms with Gasteiger partial charge in [0.1, 0.15) is 10.6 Å². The van der Waals surface area contributed by atoms with Crippen LogP contribution in [0, 0.1) is 0 Å². The van der Waals surface area contributed by atoms with Crippen LogP contribution >= 0.6 is 0 Å². The number of ether oxygens (including phenoxy) is 1. The zero-order chi connectivity index (χ0) is 15.6. The van der Waals surface area contributed by atoms with Gasteiger partial charge in [-0.15, -0.1) is 0 Å². The van der Waals surface area contributed by atoms with E-state index in [9.17, 15) is 13.2 Å². The first-order valence-corrected chi connectivity index (χ1v) is 7.59. The summed E-state index contributed by atoms with van der Waals surface area (Å²) in [6, 6.07) is 1.15. The summed E-state index contributed by atoms with van der Waals surface area (Å²) in [6.45, 7) is 5.70. The molecule has 1 rings (SSSR count). The van der Waals surface area contributed by atoms with Gasteiger partial charge in [-0.25, -0.2) is 17.9 Å². The SMILES string of the molecule is CCn1cc(S(=O)(=O)NCC(C)(C)OC)cc1C(=O)O. The number of methoxy groups -OCH3 is 1. The average molecular weight is 304 g/mol. The highest BCUT2D eigenvalue weighted by atomic mass is 32.2. The van der Waals surface area contributed by atoms with Crippen molar-refractivity contribution in [2.75, 3.05) is 13.7 Å². The number of nitrogens with one attached hydrogen (secondary N) is 1. The summed E-state index contributed by atoms with van der Waals surface area (Å²) >= 11 is 0. The zero-order valence-electron chi connectivity index (χ0n) is 12.0. The van der Waals surface area contributed by atoms with Gasteiger partial charge in [0.15, 0.2) is 0 Å². The smallest absolute Gasteiger partial charge is 0.352 e. The predicted octanol–water partition coefficient (Wildman–Crippen LogP) is 0.909. The third-order valence-corrected chi connectivity index (χ3v) is 4.35. The maximum Gasteiger partial charge on any atom is 0.352 e. The number of nitrogens with zero attached hydrogens (tertiary/aromatic N) is 1. The number of hydrogen-bond donors (Lipinski definition) is 2. The molecule has 20 heavy (non-hydrogen) atoms. The second kappa shape index (κ2) is 5.94. The van der Waals surface area contributed by atoms with Crippen LogP contribution in [0.1, 0.15) is 31.3 Å². The lowest BCUT2D eigenvalue weighted by molar-refractivity contribution is 0.0276. The van der Waals surface area contributed by atoms with Crippen molar-refractivity contribution >= 4 is 16.0 Å². The molecule has 2 N–H and O–H groups in total. The van der Waals surface area contributed by atoms with Gasteiger partial charge in [-0.2, -0.15) is 0 Å². The van der Waals surface area contributed by atoms with E-state index in [1.807, 2.05) is 0 Å². The van der Waals surface area contributed by atoms with Crippen LogP contribution in [0.15, 0.2) is 17.2 Å². The molecule has 0 aliphatic carbocycles. The van der Waals surface area contributed by atoms with E-state index in [2.05, 4.69) is 4.72 Å². The molecular weight excluding hydrogens is 284 g/mol. The number of sulfonamides is 1. The summed E-state index contributed by atoms with van der Waals surface area (Å²) < 4.78 is 33.2. The summed E-state index contributed by atoms with van der Waals surface area (Å²) in [5.74, 6) is -1.16. The van der Waals surface area contributed by atoms with Crippen LogP contribution in [0.4, 0.5) is 0 Å². The van der Waals surface area contributed by atoms with E-state index in [0.717, 1.165) is 6.07 Å². The highest BCUT2D eigenvalue weighted by Crippen LogP contribution is 2.16. The van der Waals surface area contributed by atoms with Crippen molar-refractivity contribution < 1.29 is 23.1 Å². The van der Waals surface area contributed by atoms with Gasteiger partial charge in [0.25, 0.3) is 0 Å². The van der Waals surface area contributed by atoms with E-state index in [0.29, 0.717) is 6.54 Å². The molecule has 0 spiro atoms. The van der Waals surface area contributed by atoms with Crippen molar-refractivity contribution in [3.63, 3.8) is 0 Å². The van der Waals surface area contributed by atoms with Crippen molar-refractivity contribution in [1.29, 1.82) is 0 Å². The molecule has 0 aromatic carbocycles. The molecule has 0 unspecified atom stereocenters. The maximum atomic E-state index is 12.1. The summed E-state index contributed by atoms with van der Waals surface area (Å²) in [4.78, 5) is 11.0. The maximum absolute atomic E-state index is 12.1. The molecule has 0 aliphatic rings. The Labute approximate surface area is 118 Å². The second-order valence-corrected chi connectivity index (χ2v) is 6.71. The fourth-order valence-corrected chi connectivity index (χ4v) is 2.73. The number of aryl methyl sites for hydroxylation is 1. The third-order valence-electron chi connectivity index (χ3n) is 2.98. The van der Waals surface area contributed by atoms with Crippen molar-refractivity contribution in [2.24, 2.45) is 0 Å². The van der Waals surface area contributed by atoms with E-state index < -0.39 is 21.6 Å². The van der Waals surface area contributed by atoms with Crippen molar-refractivity contribution in [3.8, 4) is 0 Å². The largest absolute Gasteiger partial charge is 0.477 e. The van der Waals surface area contributed by atoms with Crippen molar-refractivity contribution in [2.45, 2.75) is 37.8 Å². The molecule has 8 heteroatoms. The van der Waals surface area contributed by atoms with Gasteiger partial charge >= 0.3 is 5.97 Å². The molecule has 0 atom stereocenters. The Balaban J connectivity index is 3.02. The van der Waals surface area contributed by atoms with Crippen LogP contribution in [0.5, 0.6) is 0 Å². The van der Waals surface area contributed by atoms with E-state index in [-0.39, 0.29) is 17.1 Å². The third kappa shape index (κ3) is 3.81. The standard InChI is InChI=1S/C12H20N2O5S/c1-5-14-7-9(6-10(14)11(15)16)20(17,18)13-8-12(2,3)19-4/h6-7,13H,5,8H2,1-4H3,(H,15,16). The highest BCUT2D eigenvalue weighted by molar-refractivity contribution is 7.89. The Bertz CT molecular complexity index is 589. The number of aromatic carboxylic acids is 1. The van der Waals surface area contributed by atoms with E-state index in [4.69, 9.17) is 9.84 Å². The van der Waals surface area contributed by atoms with Crippen LogP contribution in [-0.4, -0.2) is 43.3 Å². The summed E-state index contributed by atoms with van der Waals surface area (Å²) in [7, 11) is -2.27. The highest BCUT2D eigenvalue weighted by Gasteiger charge is 2.24. The molecule has 0 radical (unpaired) electrons. The van der Waals surface area contributed by atoms with Gasteiger partial charge in [-0.05, 0) is 26.8 Å². The monoisotopic (exact) mass is 304 g/mol. The number of carbonyl (C=O) groups is 1. The molecule has 0 fully saturated rings. The minimum Gasteiger partial charge on any atom is -0.477 e. The first-order valence-electron chi connectivity index (χ1n) is 6.11. The van der Waals surface area contributed by atoms with E-state index in [1.54, 1.807) is 20.8 Å². The lowest BCUT2D eigenvalue weighted by Crippen LogP contribution is -2.39. The van der Waals surface area contributed by atoms with Crippen molar-refractivity contribution in [3.05, 3.63) is 18.0 Å². The Morgan fingerprint density at radius 3 is 2.50 bits per heavy atom. The molecule has 0 saturated carbocycles. The van der Waals surface area contributed by atoms with Crippen LogP contribution in [0.3, 0.4) is 0 Å². The molecule has 1 aromatic rings. The second-order valence-electron chi connectivity index (χ2n) is 4.94. The first-order chi connectivity index (χ1) is 9.13. The van der Waals surface area contributed by atoms with Gasteiger partial charge in [-0.3, -0.25) is 0 Å². The molecule has 0 amide bonds. The Morgan fingerprint density at radius 2 is 2.10 bits per heavy atom. The molecule has 114 valence electrons. The van der Waals surface area contributed by atoms with Gasteiger partial charge in [-0.1, -0.05) is 0 Å². The number of hydrogen-bond acceptors (Lipinski definition) is 4. The summed E-state index contributed by atoms with van der Waals surface area (Å²) in [5, 5.41) is 9.02. The molecule has 0 aliphatic heterocycles. The molecule has 7 nitrogen and oxygen atoms in total. The van der Waals surface area contributed by atoms with Crippen molar-refractivity contribution in [1.82, 2.24) is 9.29 Å². The quantitative estimate of drug-likeness (QED) is 0.780. The fourth-order valence-electron chi connectivity index (χ4n) is 1.50. The van der Waals surface area contributed by atoms with Gasteiger partial charge in [0.2, 0.25) is 10.0 Å². The Morgan fingerprint density at radius 1 is 1.50 bits per heavy atom. The molecule has 0 saturated heterocycles. The molecular formula is C12H20N2O5S. The van der Waals surface area contributed by atoms with Crippen LogP contribution < -0.4 is 4.72 Å². The van der Waals surface area contributed by atoms with Gasteiger partial charge < -0.3 is 14.4 Å². The predicted molar refractivity (Wildman–Crippen MR) is 73.3 cm³/mol. The minimum atomic E-state index is -3.76.